The van der Waals surface area contributed by atoms with Crippen molar-refractivity contribution in [1.29, 1.82) is 0 Å². The van der Waals surface area contributed by atoms with Crippen LogP contribution in [0.3, 0.4) is 0 Å². The number of halogens is 1. The first-order valence-corrected chi connectivity index (χ1v) is 10.6. The van der Waals surface area contributed by atoms with Gasteiger partial charge in [-0.1, -0.05) is 25.5 Å². The summed E-state index contributed by atoms with van der Waals surface area (Å²) < 4.78 is 19.0. The van der Waals surface area contributed by atoms with Crippen molar-refractivity contribution in [2.24, 2.45) is 0 Å². The number of amides is 3. The van der Waals surface area contributed by atoms with Gasteiger partial charge in [0, 0.05) is 20.0 Å². The standard InChI is InChI=1S/C23H29FN4O4/c1-5-6-18(29)20(15-7-9-16(10-8-15)32-23(3,4)24)27-22(31)28-13-19(30)26-17-11-14(2)12-25-21(17)28/h7-12,18,20,29H,5-6,13H2,1-4H3,(H,26,30)(H,27,31). The molecule has 8 nitrogen and oxygen atoms in total. The van der Waals surface area contributed by atoms with Crippen molar-refractivity contribution in [1.82, 2.24) is 10.3 Å². The molecule has 1 aliphatic heterocycles. The molecule has 2 heterocycles. The number of pyridine rings is 1. The van der Waals surface area contributed by atoms with Crippen molar-refractivity contribution in [2.45, 2.75) is 58.5 Å². The fourth-order valence-corrected chi connectivity index (χ4v) is 3.54. The molecule has 3 N–H and O–H groups in total. The largest absolute Gasteiger partial charge is 0.459 e. The van der Waals surface area contributed by atoms with Crippen molar-refractivity contribution in [2.75, 3.05) is 16.8 Å². The van der Waals surface area contributed by atoms with E-state index in [0.29, 0.717) is 35.7 Å². The molecule has 2 atom stereocenters. The molecule has 1 aromatic heterocycles. The Hall–Kier alpha value is -3.20. The Morgan fingerprint density at radius 2 is 2.06 bits per heavy atom. The van der Waals surface area contributed by atoms with Crippen LogP contribution in [0.5, 0.6) is 5.75 Å². The highest BCUT2D eigenvalue weighted by molar-refractivity contribution is 6.08. The third-order valence-corrected chi connectivity index (χ3v) is 4.93. The minimum atomic E-state index is -1.83. The third-order valence-electron chi connectivity index (χ3n) is 4.93. The number of hydrogen-bond acceptors (Lipinski definition) is 5. The lowest BCUT2D eigenvalue weighted by atomic mass is 9.98. The monoisotopic (exact) mass is 444 g/mol. The molecular weight excluding hydrogens is 415 g/mol. The summed E-state index contributed by atoms with van der Waals surface area (Å²) in [6.07, 6.45) is 1.92. The van der Waals surface area contributed by atoms with Crippen LogP contribution in [0.1, 0.15) is 50.8 Å². The maximum Gasteiger partial charge on any atom is 0.324 e. The van der Waals surface area contributed by atoms with Crippen LogP contribution in [-0.2, 0) is 4.79 Å². The van der Waals surface area contributed by atoms with Gasteiger partial charge in [0.15, 0.2) is 5.82 Å². The lowest BCUT2D eigenvalue weighted by Gasteiger charge is -2.31. The van der Waals surface area contributed by atoms with Crippen LogP contribution < -0.4 is 20.3 Å². The van der Waals surface area contributed by atoms with Gasteiger partial charge >= 0.3 is 6.03 Å². The number of benzene rings is 1. The number of aliphatic hydroxyl groups excluding tert-OH is 1. The molecule has 2 unspecified atom stereocenters. The van der Waals surface area contributed by atoms with Gasteiger partial charge in [-0.05, 0) is 42.7 Å². The second-order valence-electron chi connectivity index (χ2n) is 8.34. The van der Waals surface area contributed by atoms with E-state index >= 15 is 0 Å². The van der Waals surface area contributed by atoms with Crippen LogP contribution in [-0.4, -0.2) is 40.5 Å². The molecule has 172 valence electrons. The number of aryl methyl sites for hydroxylation is 1. The highest BCUT2D eigenvalue weighted by Gasteiger charge is 2.31. The Kier molecular flexibility index (Phi) is 6.98. The average molecular weight is 445 g/mol. The number of alkyl halides is 1. The van der Waals surface area contributed by atoms with Crippen molar-refractivity contribution in [3.63, 3.8) is 0 Å². The lowest BCUT2D eigenvalue weighted by Crippen LogP contribution is -2.50. The molecule has 0 spiro atoms. The Morgan fingerprint density at radius 3 is 2.69 bits per heavy atom. The van der Waals surface area contributed by atoms with Crippen LogP contribution in [0.2, 0.25) is 0 Å². The van der Waals surface area contributed by atoms with Crippen molar-refractivity contribution in [3.8, 4) is 5.75 Å². The number of rotatable bonds is 7. The number of ether oxygens (including phenoxy) is 1. The van der Waals surface area contributed by atoms with E-state index in [0.717, 1.165) is 5.56 Å². The SMILES string of the molecule is CCCC(O)C(NC(=O)N1CC(=O)Nc2cc(C)cnc21)c1ccc(OC(C)(C)F)cc1. The highest BCUT2D eigenvalue weighted by atomic mass is 19.2. The summed E-state index contributed by atoms with van der Waals surface area (Å²) in [5.41, 5.74) is 1.93. The molecule has 1 aromatic carbocycles. The van der Waals surface area contributed by atoms with Crippen molar-refractivity contribution < 1.29 is 23.8 Å². The van der Waals surface area contributed by atoms with E-state index in [4.69, 9.17) is 4.74 Å². The van der Waals surface area contributed by atoms with Gasteiger partial charge in [0.05, 0.1) is 17.8 Å². The maximum absolute atomic E-state index is 13.8. The molecule has 0 bridgehead atoms. The number of carbonyl (C=O) groups is 2. The van der Waals surface area contributed by atoms with Gasteiger partial charge in [0.25, 0.3) is 0 Å². The van der Waals surface area contributed by atoms with Gasteiger partial charge in [-0.25, -0.2) is 9.78 Å². The smallest absolute Gasteiger partial charge is 0.324 e. The first-order valence-electron chi connectivity index (χ1n) is 10.6. The molecule has 3 amide bonds. The molecule has 0 fully saturated rings. The number of nitrogens with one attached hydrogen (secondary N) is 2. The van der Waals surface area contributed by atoms with E-state index in [2.05, 4.69) is 15.6 Å². The predicted octanol–water partition coefficient (Wildman–Crippen LogP) is 3.84. The predicted molar refractivity (Wildman–Crippen MR) is 119 cm³/mol. The number of hydrogen-bond donors (Lipinski definition) is 3. The Bertz CT molecular complexity index is 975. The van der Waals surface area contributed by atoms with E-state index in [9.17, 15) is 19.1 Å². The summed E-state index contributed by atoms with van der Waals surface area (Å²) in [5.74, 6) is -1.49. The number of aliphatic hydroxyl groups is 1. The Morgan fingerprint density at radius 1 is 1.38 bits per heavy atom. The van der Waals surface area contributed by atoms with Crippen molar-refractivity contribution in [3.05, 3.63) is 47.7 Å². The van der Waals surface area contributed by atoms with Crippen LogP contribution >= 0.6 is 0 Å². The molecule has 2 aromatic rings. The second kappa shape index (κ2) is 9.52. The molecule has 0 radical (unpaired) electrons. The molecule has 0 saturated carbocycles. The lowest BCUT2D eigenvalue weighted by molar-refractivity contribution is -0.115. The zero-order valence-electron chi connectivity index (χ0n) is 18.7. The van der Waals surface area contributed by atoms with Gasteiger partial charge in [0.2, 0.25) is 11.8 Å². The van der Waals surface area contributed by atoms with E-state index < -0.39 is 24.0 Å². The minimum Gasteiger partial charge on any atom is -0.459 e. The van der Waals surface area contributed by atoms with Crippen LogP contribution in [0, 0.1) is 6.92 Å². The number of carbonyl (C=O) groups excluding carboxylic acids is 2. The quantitative estimate of drug-likeness (QED) is 0.602. The molecule has 0 saturated heterocycles. The van der Waals surface area contributed by atoms with Gasteiger partial charge in [-0.15, -0.1) is 0 Å². The van der Waals surface area contributed by atoms with E-state index in [1.807, 2.05) is 13.8 Å². The number of aromatic nitrogens is 1. The first-order chi connectivity index (χ1) is 15.1. The number of fused-ring (bicyclic) bond motifs is 1. The summed E-state index contributed by atoms with van der Waals surface area (Å²) >= 11 is 0. The second-order valence-corrected chi connectivity index (χ2v) is 8.34. The van der Waals surface area contributed by atoms with E-state index in [1.54, 1.807) is 36.5 Å². The fraction of sp³-hybridized carbons (Fsp3) is 0.435. The average Bonchev–Trinajstić information content (AvgIpc) is 2.70. The van der Waals surface area contributed by atoms with Crippen LogP contribution in [0.15, 0.2) is 36.5 Å². The summed E-state index contributed by atoms with van der Waals surface area (Å²) in [4.78, 5) is 30.8. The topological polar surface area (TPSA) is 104 Å². The van der Waals surface area contributed by atoms with Gasteiger partial charge in [-0.2, -0.15) is 4.39 Å². The van der Waals surface area contributed by atoms with Crippen LogP contribution in [0.4, 0.5) is 20.7 Å². The number of nitrogens with zero attached hydrogens (tertiary/aromatic N) is 2. The minimum absolute atomic E-state index is 0.191. The van der Waals surface area contributed by atoms with Crippen LogP contribution in [0.25, 0.3) is 0 Å². The summed E-state index contributed by atoms with van der Waals surface area (Å²) in [6.45, 7) is 6.19. The summed E-state index contributed by atoms with van der Waals surface area (Å²) in [5, 5.41) is 16.3. The summed E-state index contributed by atoms with van der Waals surface area (Å²) in [6, 6.07) is 6.96. The Balaban J connectivity index is 1.85. The number of anilines is 2. The maximum atomic E-state index is 13.8. The molecule has 32 heavy (non-hydrogen) atoms. The van der Waals surface area contributed by atoms with Gasteiger partial charge in [0.1, 0.15) is 12.3 Å². The molecular formula is C23H29FN4O4. The molecule has 1 aliphatic rings. The Labute approximate surface area is 186 Å². The summed E-state index contributed by atoms with van der Waals surface area (Å²) in [7, 11) is 0. The fourth-order valence-electron chi connectivity index (χ4n) is 3.54. The number of urea groups is 1. The zero-order chi connectivity index (χ0) is 23.5. The van der Waals surface area contributed by atoms with E-state index in [-0.39, 0.29) is 12.5 Å². The molecule has 9 heteroatoms. The van der Waals surface area contributed by atoms with E-state index in [1.165, 1.54) is 18.7 Å². The van der Waals surface area contributed by atoms with Crippen molar-refractivity contribution >= 4 is 23.4 Å². The zero-order valence-corrected chi connectivity index (χ0v) is 18.7. The normalized spacial score (nSPS) is 15.4. The highest BCUT2D eigenvalue weighted by Crippen LogP contribution is 2.29. The first kappa shape index (κ1) is 23.5. The molecule has 3 rings (SSSR count). The van der Waals surface area contributed by atoms with Gasteiger partial charge in [-0.3, -0.25) is 9.69 Å². The van der Waals surface area contributed by atoms with Gasteiger partial charge < -0.3 is 20.5 Å². The third kappa shape index (κ3) is 5.73. The molecule has 0 aliphatic carbocycles.